The summed E-state index contributed by atoms with van der Waals surface area (Å²) in [6, 6.07) is 7.55. The molecule has 1 rings (SSSR count). The molecule has 0 aromatic heterocycles. The van der Waals surface area contributed by atoms with Gasteiger partial charge in [0.15, 0.2) is 0 Å². The SMILES string of the molecule is CCC(C)c1c[c]c(F)cc1. The Morgan fingerprint density at radius 2 is 2.27 bits per heavy atom. The molecule has 1 aromatic rings. The molecule has 0 saturated heterocycles. The van der Waals surface area contributed by atoms with E-state index in [1.54, 1.807) is 6.07 Å². The van der Waals surface area contributed by atoms with Crippen LogP contribution in [0.25, 0.3) is 0 Å². The monoisotopic (exact) mass is 151 g/mol. The smallest absolute Gasteiger partial charge is 0.131 e. The van der Waals surface area contributed by atoms with Gasteiger partial charge < -0.3 is 0 Å². The minimum atomic E-state index is -0.281. The first-order valence-electron chi connectivity index (χ1n) is 3.91. The van der Waals surface area contributed by atoms with Crippen LogP contribution in [0.1, 0.15) is 31.7 Å². The molecule has 0 fully saturated rings. The second-order valence-electron chi connectivity index (χ2n) is 2.78. The van der Waals surface area contributed by atoms with Crippen LogP contribution in [0.3, 0.4) is 0 Å². The second-order valence-corrected chi connectivity index (χ2v) is 2.78. The van der Waals surface area contributed by atoms with E-state index in [2.05, 4.69) is 19.9 Å². The highest BCUT2D eigenvalue weighted by Gasteiger charge is 2.01. The highest BCUT2D eigenvalue weighted by Crippen LogP contribution is 2.17. The molecule has 1 radical (unpaired) electrons. The summed E-state index contributed by atoms with van der Waals surface area (Å²) in [5.41, 5.74) is 1.16. The van der Waals surface area contributed by atoms with Gasteiger partial charge in [0.25, 0.3) is 0 Å². The van der Waals surface area contributed by atoms with Crippen molar-refractivity contribution in [1.29, 1.82) is 0 Å². The second kappa shape index (κ2) is 3.51. The van der Waals surface area contributed by atoms with Crippen LogP contribution in [0, 0.1) is 11.9 Å². The topological polar surface area (TPSA) is 0 Å². The molecule has 0 saturated carbocycles. The van der Waals surface area contributed by atoms with Crippen LogP contribution < -0.4 is 0 Å². The van der Waals surface area contributed by atoms with Gasteiger partial charge in [-0.15, -0.1) is 0 Å². The molecule has 0 N–H and O–H groups in total. The summed E-state index contributed by atoms with van der Waals surface area (Å²) in [5.74, 6) is 0.226. The average molecular weight is 151 g/mol. The summed E-state index contributed by atoms with van der Waals surface area (Å²) in [4.78, 5) is 0. The number of benzene rings is 1. The lowest BCUT2D eigenvalue weighted by molar-refractivity contribution is 0.622. The van der Waals surface area contributed by atoms with E-state index in [9.17, 15) is 4.39 Å². The zero-order chi connectivity index (χ0) is 8.27. The van der Waals surface area contributed by atoms with E-state index < -0.39 is 0 Å². The third kappa shape index (κ3) is 2.04. The molecule has 1 heteroatoms. The van der Waals surface area contributed by atoms with Crippen LogP contribution in [0.2, 0.25) is 0 Å². The van der Waals surface area contributed by atoms with Gasteiger partial charge >= 0.3 is 0 Å². The minimum absolute atomic E-state index is 0.281. The Balaban J connectivity index is 2.81. The van der Waals surface area contributed by atoms with Crippen molar-refractivity contribution in [3.8, 4) is 0 Å². The van der Waals surface area contributed by atoms with E-state index in [-0.39, 0.29) is 5.82 Å². The van der Waals surface area contributed by atoms with E-state index in [1.165, 1.54) is 6.07 Å². The summed E-state index contributed by atoms with van der Waals surface area (Å²) in [5, 5.41) is 0. The molecule has 0 amide bonds. The van der Waals surface area contributed by atoms with Crippen LogP contribution >= 0.6 is 0 Å². The Morgan fingerprint density at radius 1 is 1.55 bits per heavy atom. The van der Waals surface area contributed by atoms with Gasteiger partial charge in [0.05, 0.1) is 0 Å². The van der Waals surface area contributed by atoms with Gasteiger partial charge in [0.2, 0.25) is 0 Å². The standard InChI is InChI=1S/C10H12F/c1-3-8(2)9-4-6-10(11)7-5-9/h4-6,8H,3H2,1-2H3. The van der Waals surface area contributed by atoms with Crippen molar-refractivity contribution in [3.05, 3.63) is 35.6 Å². The summed E-state index contributed by atoms with van der Waals surface area (Å²) in [6.45, 7) is 4.25. The number of rotatable bonds is 2. The van der Waals surface area contributed by atoms with Gasteiger partial charge in [-0.2, -0.15) is 0 Å². The van der Waals surface area contributed by atoms with Gasteiger partial charge in [0.1, 0.15) is 5.82 Å². The highest BCUT2D eigenvalue weighted by molar-refractivity contribution is 5.18. The van der Waals surface area contributed by atoms with Crippen LogP contribution in [0.5, 0.6) is 0 Å². The molecule has 0 aliphatic rings. The van der Waals surface area contributed by atoms with Crippen LogP contribution in [-0.4, -0.2) is 0 Å². The van der Waals surface area contributed by atoms with Crippen LogP contribution in [0.4, 0.5) is 4.39 Å². The third-order valence-electron chi connectivity index (χ3n) is 1.98. The lowest BCUT2D eigenvalue weighted by Crippen LogP contribution is -1.90. The molecule has 0 heterocycles. The Hall–Kier alpha value is -0.850. The fraction of sp³-hybridized carbons (Fsp3) is 0.400. The zero-order valence-corrected chi connectivity index (χ0v) is 6.89. The van der Waals surface area contributed by atoms with Crippen molar-refractivity contribution in [2.75, 3.05) is 0 Å². The van der Waals surface area contributed by atoms with Crippen molar-refractivity contribution < 1.29 is 4.39 Å². The van der Waals surface area contributed by atoms with E-state index in [1.807, 2.05) is 6.07 Å². The molecule has 1 atom stereocenters. The Bertz CT molecular complexity index is 213. The normalized spacial score (nSPS) is 13.0. The molecule has 59 valence electrons. The van der Waals surface area contributed by atoms with Crippen LogP contribution in [0.15, 0.2) is 18.2 Å². The maximum Gasteiger partial charge on any atom is 0.131 e. The first-order chi connectivity index (χ1) is 5.24. The van der Waals surface area contributed by atoms with Gasteiger partial charge in [-0.1, -0.05) is 19.9 Å². The molecule has 0 aliphatic heterocycles. The number of hydrogen-bond donors (Lipinski definition) is 0. The Morgan fingerprint density at radius 3 is 2.73 bits per heavy atom. The quantitative estimate of drug-likeness (QED) is 0.609. The third-order valence-corrected chi connectivity index (χ3v) is 1.98. The number of halogens is 1. The van der Waals surface area contributed by atoms with E-state index in [0.717, 1.165) is 12.0 Å². The predicted molar refractivity (Wildman–Crippen MR) is 43.9 cm³/mol. The molecule has 0 aliphatic carbocycles. The molecular weight excluding hydrogens is 139 g/mol. The van der Waals surface area contributed by atoms with Gasteiger partial charge in [-0.05, 0) is 30.0 Å². The van der Waals surface area contributed by atoms with E-state index in [0.29, 0.717) is 5.92 Å². The maximum atomic E-state index is 12.4. The fourth-order valence-electron chi connectivity index (χ4n) is 0.960. The average Bonchev–Trinajstić information content (AvgIpc) is 2.05. The molecule has 0 spiro atoms. The molecular formula is C10H12F. The van der Waals surface area contributed by atoms with Crippen molar-refractivity contribution in [3.63, 3.8) is 0 Å². The zero-order valence-electron chi connectivity index (χ0n) is 6.89. The first kappa shape index (κ1) is 8.25. The Kier molecular flexibility index (Phi) is 2.64. The van der Waals surface area contributed by atoms with E-state index >= 15 is 0 Å². The minimum Gasteiger partial charge on any atom is -0.206 e. The lowest BCUT2D eigenvalue weighted by atomic mass is 9.99. The van der Waals surface area contributed by atoms with Gasteiger partial charge in [-0.25, -0.2) is 4.39 Å². The summed E-state index contributed by atoms with van der Waals surface area (Å²) >= 11 is 0. The largest absolute Gasteiger partial charge is 0.206 e. The molecule has 0 nitrogen and oxygen atoms in total. The molecule has 0 bridgehead atoms. The van der Waals surface area contributed by atoms with Crippen molar-refractivity contribution >= 4 is 0 Å². The molecule has 1 aromatic carbocycles. The van der Waals surface area contributed by atoms with E-state index in [4.69, 9.17) is 0 Å². The summed E-state index contributed by atoms with van der Waals surface area (Å²) < 4.78 is 12.4. The highest BCUT2D eigenvalue weighted by atomic mass is 19.1. The van der Waals surface area contributed by atoms with Crippen LogP contribution in [-0.2, 0) is 0 Å². The predicted octanol–water partition coefficient (Wildman–Crippen LogP) is 3.14. The Labute approximate surface area is 67.1 Å². The molecule has 11 heavy (non-hydrogen) atoms. The van der Waals surface area contributed by atoms with Crippen molar-refractivity contribution in [2.45, 2.75) is 26.2 Å². The first-order valence-corrected chi connectivity index (χ1v) is 3.91. The maximum absolute atomic E-state index is 12.4. The fourth-order valence-corrected chi connectivity index (χ4v) is 0.960. The van der Waals surface area contributed by atoms with Crippen molar-refractivity contribution in [2.24, 2.45) is 0 Å². The van der Waals surface area contributed by atoms with Gasteiger partial charge in [-0.3, -0.25) is 0 Å². The molecule has 1 unspecified atom stereocenters. The van der Waals surface area contributed by atoms with Gasteiger partial charge in [0, 0.05) is 6.07 Å². The lowest BCUT2D eigenvalue weighted by Gasteiger charge is -2.06. The number of hydrogen-bond acceptors (Lipinski definition) is 0. The van der Waals surface area contributed by atoms with Crippen molar-refractivity contribution in [1.82, 2.24) is 0 Å². The summed E-state index contributed by atoms with van der Waals surface area (Å²) in [6.07, 6.45) is 1.08. The summed E-state index contributed by atoms with van der Waals surface area (Å²) in [7, 11) is 0.